The largest absolute Gasteiger partial charge is 0.465 e. The lowest BCUT2D eigenvalue weighted by Gasteiger charge is -2.31. The van der Waals surface area contributed by atoms with Gasteiger partial charge < -0.3 is 19.9 Å². The molecule has 3 heterocycles. The Bertz CT molecular complexity index is 1130. The smallest absolute Gasteiger partial charge is 0.407 e. The number of hydrogen-bond donors (Lipinski definition) is 2. The van der Waals surface area contributed by atoms with Crippen molar-refractivity contribution in [2.75, 3.05) is 18.4 Å². The van der Waals surface area contributed by atoms with Gasteiger partial charge in [-0.05, 0) is 100 Å². The van der Waals surface area contributed by atoms with Crippen LogP contribution in [0.5, 0.6) is 0 Å². The topological polar surface area (TPSA) is 70.4 Å². The molecule has 1 aliphatic heterocycles. The van der Waals surface area contributed by atoms with E-state index in [2.05, 4.69) is 54.9 Å². The summed E-state index contributed by atoms with van der Waals surface area (Å²) in [5.74, 6) is 0.647. The second-order valence-electron chi connectivity index (χ2n) is 8.98. The summed E-state index contributed by atoms with van der Waals surface area (Å²) in [6.07, 6.45) is 1.95. The third-order valence-electron chi connectivity index (χ3n) is 6.27. The summed E-state index contributed by atoms with van der Waals surface area (Å²) in [5, 5.41) is 12.5. The first-order valence-corrected chi connectivity index (χ1v) is 11.5. The van der Waals surface area contributed by atoms with E-state index in [1.807, 2.05) is 6.07 Å². The predicted octanol–water partition coefficient (Wildman–Crippen LogP) is 5.28. The molecule has 3 aromatic rings. The van der Waals surface area contributed by atoms with Crippen molar-refractivity contribution in [3.8, 4) is 5.82 Å². The Kier molecular flexibility index (Phi) is 6.67. The fourth-order valence-corrected chi connectivity index (χ4v) is 4.59. The van der Waals surface area contributed by atoms with Crippen LogP contribution >= 0.6 is 0 Å². The maximum Gasteiger partial charge on any atom is 0.407 e. The molecule has 0 unspecified atom stereocenters. The number of pyridine rings is 1. The second-order valence-corrected chi connectivity index (χ2v) is 8.98. The molecule has 2 aromatic heterocycles. The molecule has 6 nitrogen and oxygen atoms in total. The highest BCUT2D eigenvalue weighted by atomic mass is 19.1. The molecule has 0 saturated carbocycles. The van der Waals surface area contributed by atoms with Gasteiger partial charge in [0.1, 0.15) is 11.6 Å². The van der Waals surface area contributed by atoms with Gasteiger partial charge in [0.15, 0.2) is 0 Å². The predicted molar refractivity (Wildman–Crippen MR) is 128 cm³/mol. The number of piperidine rings is 1. The van der Waals surface area contributed by atoms with Crippen LogP contribution in [0, 0.1) is 26.6 Å². The van der Waals surface area contributed by atoms with Gasteiger partial charge in [0.05, 0.1) is 0 Å². The molecule has 1 fully saturated rings. The Morgan fingerprint density at radius 1 is 1.06 bits per heavy atom. The molecule has 33 heavy (non-hydrogen) atoms. The number of benzene rings is 1. The summed E-state index contributed by atoms with van der Waals surface area (Å²) >= 11 is 0. The molecule has 7 heteroatoms. The number of nitrogens with zero attached hydrogens (tertiary/aromatic N) is 3. The summed E-state index contributed by atoms with van der Waals surface area (Å²) in [6.45, 7) is 7.21. The fraction of sp³-hybridized carbons (Fsp3) is 0.385. The third kappa shape index (κ3) is 5.53. The normalized spacial score (nSPS) is 14.5. The Hall–Kier alpha value is -3.35. The summed E-state index contributed by atoms with van der Waals surface area (Å²) in [5.41, 5.74) is 6.08. The number of carbonyl (C=O) groups is 1. The number of likely N-dealkylation sites (tertiary alicyclic amines) is 1. The zero-order chi connectivity index (χ0) is 23.5. The number of rotatable bonds is 6. The number of amides is 1. The average Bonchev–Trinajstić information content (AvgIpc) is 3.10. The number of nitrogens with one attached hydrogen (secondary N) is 1. The van der Waals surface area contributed by atoms with Gasteiger partial charge in [-0.2, -0.15) is 0 Å². The van der Waals surface area contributed by atoms with E-state index in [0.29, 0.717) is 38.8 Å². The van der Waals surface area contributed by atoms with Gasteiger partial charge in [0.25, 0.3) is 0 Å². The molecule has 0 aliphatic carbocycles. The van der Waals surface area contributed by atoms with E-state index in [-0.39, 0.29) is 11.9 Å². The number of aromatic nitrogens is 2. The van der Waals surface area contributed by atoms with Crippen LogP contribution in [0.4, 0.5) is 14.9 Å². The lowest BCUT2D eigenvalue weighted by atomic mass is 10.0. The van der Waals surface area contributed by atoms with E-state index in [1.165, 1.54) is 11.0 Å². The monoisotopic (exact) mass is 450 g/mol. The number of anilines is 1. The highest BCUT2D eigenvalue weighted by molar-refractivity contribution is 5.65. The summed E-state index contributed by atoms with van der Waals surface area (Å²) in [6, 6.07) is 13.6. The Morgan fingerprint density at radius 3 is 2.42 bits per heavy atom. The van der Waals surface area contributed by atoms with Gasteiger partial charge >= 0.3 is 6.09 Å². The van der Waals surface area contributed by atoms with Crippen molar-refractivity contribution in [3.63, 3.8) is 0 Å². The van der Waals surface area contributed by atoms with Crippen molar-refractivity contribution in [1.29, 1.82) is 0 Å². The van der Waals surface area contributed by atoms with E-state index in [0.717, 1.165) is 39.7 Å². The quantitative estimate of drug-likeness (QED) is 0.536. The Morgan fingerprint density at radius 2 is 1.76 bits per heavy atom. The van der Waals surface area contributed by atoms with Crippen LogP contribution in [0.15, 0.2) is 42.5 Å². The number of hydrogen-bond acceptors (Lipinski definition) is 3. The van der Waals surface area contributed by atoms with Crippen LogP contribution in [0.1, 0.15) is 41.1 Å². The van der Waals surface area contributed by atoms with Gasteiger partial charge in [0, 0.05) is 41.9 Å². The molecule has 1 aromatic carbocycles. The number of carboxylic acid groups (broad SMARTS) is 1. The lowest BCUT2D eigenvalue weighted by Crippen LogP contribution is -2.41. The molecule has 0 bridgehead atoms. The molecule has 2 N–H and O–H groups in total. The van der Waals surface area contributed by atoms with Gasteiger partial charge in [-0.3, -0.25) is 0 Å². The van der Waals surface area contributed by atoms with Gasteiger partial charge in [0.2, 0.25) is 0 Å². The highest BCUT2D eigenvalue weighted by Crippen LogP contribution is 2.22. The standard InChI is InChI=1S/C26H31FN4O2/c1-17-12-23(29-25(13-17)31-18(2)4-5-19(31)3)7-6-20-14-21(27)16-24(15-20)28-22-8-10-30(11-9-22)26(32)33/h4-5,12-16,22,28H,6-11H2,1-3H3,(H,32,33). The van der Waals surface area contributed by atoms with Gasteiger partial charge in [-0.25, -0.2) is 14.2 Å². The molecular formula is C26H31FN4O2. The van der Waals surface area contributed by atoms with E-state index >= 15 is 0 Å². The van der Waals surface area contributed by atoms with Gasteiger partial charge in [-0.15, -0.1) is 0 Å². The van der Waals surface area contributed by atoms with E-state index < -0.39 is 6.09 Å². The SMILES string of the molecule is Cc1cc(CCc2cc(F)cc(NC3CCN(C(=O)O)CC3)c2)nc(-n2c(C)ccc2C)c1. The van der Waals surface area contributed by atoms with Crippen molar-refractivity contribution in [2.45, 2.75) is 52.5 Å². The molecule has 4 rings (SSSR count). The highest BCUT2D eigenvalue weighted by Gasteiger charge is 2.22. The number of aryl methyl sites for hydroxylation is 5. The van der Waals surface area contributed by atoms with Crippen LogP contribution < -0.4 is 5.32 Å². The van der Waals surface area contributed by atoms with Crippen LogP contribution in [-0.4, -0.2) is 44.8 Å². The summed E-state index contributed by atoms with van der Waals surface area (Å²) in [7, 11) is 0. The first kappa shape index (κ1) is 22.8. The van der Waals surface area contributed by atoms with Crippen molar-refractivity contribution in [2.24, 2.45) is 0 Å². The molecule has 0 spiro atoms. The summed E-state index contributed by atoms with van der Waals surface area (Å²) in [4.78, 5) is 17.4. The second kappa shape index (κ2) is 9.65. The maximum atomic E-state index is 14.3. The van der Waals surface area contributed by atoms with Crippen molar-refractivity contribution in [1.82, 2.24) is 14.5 Å². The van der Waals surface area contributed by atoms with Gasteiger partial charge in [-0.1, -0.05) is 0 Å². The lowest BCUT2D eigenvalue weighted by molar-refractivity contribution is 0.134. The molecule has 174 valence electrons. The number of halogens is 1. The van der Waals surface area contributed by atoms with Crippen LogP contribution in [-0.2, 0) is 12.8 Å². The fourth-order valence-electron chi connectivity index (χ4n) is 4.59. The van der Waals surface area contributed by atoms with Crippen molar-refractivity contribution in [3.05, 3.63) is 76.5 Å². The maximum absolute atomic E-state index is 14.3. The molecule has 0 radical (unpaired) electrons. The van der Waals surface area contributed by atoms with Crippen LogP contribution in [0.2, 0.25) is 0 Å². The molecular weight excluding hydrogens is 419 g/mol. The van der Waals surface area contributed by atoms with Crippen molar-refractivity contribution < 1.29 is 14.3 Å². The first-order chi connectivity index (χ1) is 15.8. The molecule has 0 atom stereocenters. The minimum Gasteiger partial charge on any atom is -0.465 e. The Balaban J connectivity index is 1.44. The van der Waals surface area contributed by atoms with E-state index in [1.54, 1.807) is 6.07 Å². The van der Waals surface area contributed by atoms with Crippen molar-refractivity contribution >= 4 is 11.8 Å². The third-order valence-corrected chi connectivity index (χ3v) is 6.27. The average molecular weight is 451 g/mol. The van der Waals surface area contributed by atoms with Crippen LogP contribution in [0.3, 0.4) is 0 Å². The molecule has 1 saturated heterocycles. The van der Waals surface area contributed by atoms with E-state index in [9.17, 15) is 9.18 Å². The Labute approximate surface area is 194 Å². The van der Waals surface area contributed by atoms with E-state index in [4.69, 9.17) is 10.1 Å². The first-order valence-electron chi connectivity index (χ1n) is 11.5. The summed E-state index contributed by atoms with van der Waals surface area (Å²) < 4.78 is 16.5. The molecule has 1 amide bonds. The minimum atomic E-state index is -0.878. The zero-order valence-electron chi connectivity index (χ0n) is 19.4. The molecule has 1 aliphatic rings. The minimum absolute atomic E-state index is 0.143. The zero-order valence-corrected chi connectivity index (χ0v) is 19.4. The van der Waals surface area contributed by atoms with Crippen LogP contribution in [0.25, 0.3) is 5.82 Å².